The first-order valence-electron chi connectivity index (χ1n) is 11.3. The van der Waals surface area contributed by atoms with Gasteiger partial charge in [0.05, 0.1) is 12.5 Å². The van der Waals surface area contributed by atoms with Gasteiger partial charge in [0.2, 0.25) is 0 Å². The first-order valence-corrected chi connectivity index (χ1v) is 11.3. The lowest BCUT2D eigenvalue weighted by Gasteiger charge is -2.12. The van der Waals surface area contributed by atoms with Gasteiger partial charge >= 0.3 is 18.1 Å². The van der Waals surface area contributed by atoms with Gasteiger partial charge in [0, 0.05) is 42.1 Å². The molecule has 0 saturated carbocycles. The topological polar surface area (TPSA) is 140 Å². The summed E-state index contributed by atoms with van der Waals surface area (Å²) in [7, 11) is 0. The number of hydrogen-bond donors (Lipinski definition) is 5. The minimum Gasteiger partial charge on any atom is -0.493 e. The lowest BCUT2D eigenvalue weighted by Crippen LogP contribution is -2.21. The minimum absolute atomic E-state index is 0.305. The number of carboxylic acids is 2. The van der Waals surface area contributed by atoms with Crippen molar-refractivity contribution in [1.82, 2.24) is 15.0 Å². The number of aliphatic carboxylic acids is 2. The molecule has 0 spiro atoms. The molecule has 2 aromatic carbocycles. The molecule has 9 nitrogen and oxygen atoms in total. The molecule has 0 aliphatic heterocycles. The van der Waals surface area contributed by atoms with Crippen molar-refractivity contribution in [3.05, 3.63) is 78.0 Å². The molecule has 2 aromatic heterocycles. The van der Waals surface area contributed by atoms with Crippen molar-refractivity contribution >= 4 is 28.8 Å². The number of ether oxygens (including phenoxy) is 1. The van der Waals surface area contributed by atoms with Crippen LogP contribution in [0.4, 0.5) is 23.5 Å². The van der Waals surface area contributed by atoms with Gasteiger partial charge in [-0.15, -0.1) is 0 Å². The highest BCUT2D eigenvalue weighted by Gasteiger charge is 2.38. The Kier molecular flexibility index (Phi) is 9.30. The minimum atomic E-state index is -5.08. The van der Waals surface area contributed by atoms with Gasteiger partial charge in [0.1, 0.15) is 11.6 Å². The van der Waals surface area contributed by atoms with Crippen LogP contribution in [-0.2, 0) is 16.0 Å². The standard InChI is InChI=1S/C23H23FN4O3.C2HF3O2/c24-17-4-2-15(3-5-17)20(22(29)30)12-16-14-28-21-13-18(6-7-19(16)21)31-11-1-8-25-23-26-9-10-27-23;3-2(4,5)1(6)7/h2-7,9-10,13-14,20,28H,1,8,11-12H2,(H,29,30)(H2,25,26,27);(H,6,7). The lowest BCUT2D eigenvalue weighted by molar-refractivity contribution is -0.192. The molecule has 0 aliphatic rings. The fourth-order valence-electron chi connectivity index (χ4n) is 3.52. The predicted octanol–water partition coefficient (Wildman–Crippen LogP) is 4.96. The summed E-state index contributed by atoms with van der Waals surface area (Å²) < 4.78 is 50.8. The zero-order valence-corrected chi connectivity index (χ0v) is 19.8. The molecule has 4 rings (SSSR count). The maximum absolute atomic E-state index is 13.2. The molecular formula is C25H24F4N4O5. The number of carbonyl (C=O) groups is 2. The number of halogens is 4. The maximum Gasteiger partial charge on any atom is 0.490 e. The first-order chi connectivity index (χ1) is 18.0. The van der Waals surface area contributed by atoms with Crippen LogP contribution in [-0.4, -0.2) is 56.4 Å². The molecule has 4 aromatic rings. The number of nitrogens with one attached hydrogen (secondary N) is 3. The molecule has 38 heavy (non-hydrogen) atoms. The van der Waals surface area contributed by atoms with E-state index in [0.29, 0.717) is 18.6 Å². The second kappa shape index (κ2) is 12.6. The van der Waals surface area contributed by atoms with Gasteiger partial charge in [-0.05, 0) is 48.2 Å². The molecule has 0 saturated heterocycles. The molecule has 0 bridgehead atoms. The fraction of sp³-hybridized carbons (Fsp3) is 0.240. The second-order valence-electron chi connectivity index (χ2n) is 8.04. The van der Waals surface area contributed by atoms with Crippen molar-refractivity contribution in [3.63, 3.8) is 0 Å². The van der Waals surface area contributed by atoms with Crippen molar-refractivity contribution in [2.24, 2.45) is 0 Å². The van der Waals surface area contributed by atoms with Gasteiger partial charge in [0.25, 0.3) is 0 Å². The monoisotopic (exact) mass is 536 g/mol. The van der Waals surface area contributed by atoms with Crippen LogP contribution >= 0.6 is 0 Å². The van der Waals surface area contributed by atoms with Crippen molar-refractivity contribution in [2.45, 2.75) is 24.9 Å². The number of alkyl halides is 3. The Balaban J connectivity index is 0.000000505. The molecule has 0 aliphatic carbocycles. The van der Waals surface area contributed by atoms with Crippen LogP contribution in [0.2, 0.25) is 0 Å². The van der Waals surface area contributed by atoms with E-state index in [9.17, 15) is 27.5 Å². The summed E-state index contributed by atoms with van der Waals surface area (Å²) in [5.41, 5.74) is 2.34. The van der Waals surface area contributed by atoms with Crippen LogP contribution in [0, 0.1) is 5.82 Å². The van der Waals surface area contributed by atoms with Gasteiger partial charge in [-0.1, -0.05) is 12.1 Å². The van der Waals surface area contributed by atoms with E-state index in [0.717, 1.165) is 41.1 Å². The Bertz CT molecular complexity index is 1340. The van der Waals surface area contributed by atoms with E-state index in [1.54, 1.807) is 12.4 Å². The van der Waals surface area contributed by atoms with Crippen LogP contribution in [0.3, 0.4) is 0 Å². The van der Waals surface area contributed by atoms with E-state index >= 15 is 0 Å². The van der Waals surface area contributed by atoms with Crippen LogP contribution in [0.1, 0.15) is 23.5 Å². The van der Waals surface area contributed by atoms with Crippen LogP contribution in [0.25, 0.3) is 10.9 Å². The Morgan fingerprint density at radius 3 is 2.39 bits per heavy atom. The van der Waals surface area contributed by atoms with Gasteiger partial charge in [-0.3, -0.25) is 4.79 Å². The Morgan fingerprint density at radius 1 is 1.08 bits per heavy atom. The van der Waals surface area contributed by atoms with Gasteiger partial charge in [-0.25, -0.2) is 14.2 Å². The average Bonchev–Trinajstić information content (AvgIpc) is 3.52. The quantitative estimate of drug-likeness (QED) is 0.143. The normalized spacial score (nSPS) is 11.9. The number of H-pyrrole nitrogens is 2. The molecule has 5 N–H and O–H groups in total. The highest BCUT2D eigenvalue weighted by molar-refractivity contribution is 5.86. The van der Waals surface area contributed by atoms with E-state index in [1.807, 2.05) is 24.4 Å². The zero-order chi connectivity index (χ0) is 27.7. The van der Waals surface area contributed by atoms with Gasteiger partial charge < -0.3 is 30.2 Å². The van der Waals surface area contributed by atoms with Crippen molar-refractivity contribution in [3.8, 4) is 5.75 Å². The number of fused-ring (bicyclic) bond motifs is 1. The summed E-state index contributed by atoms with van der Waals surface area (Å²) in [5, 5.41) is 20.9. The number of aromatic nitrogens is 3. The third-order valence-electron chi connectivity index (χ3n) is 5.36. The molecule has 2 heterocycles. The van der Waals surface area contributed by atoms with E-state index in [2.05, 4.69) is 20.3 Å². The Morgan fingerprint density at radius 2 is 1.79 bits per heavy atom. The van der Waals surface area contributed by atoms with Crippen molar-refractivity contribution < 1.29 is 42.1 Å². The first kappa shape index (κ1) is 28.0. The highest BCUT2D eigenvalue weighted by atomic mass is 19.4. The largest absolute Gasteiger partial charge is 0.493 e. The third-order valence-corrected chi connectivity index (χ3v) is 5.36. The number of aromatic amines is 2. The van der Waals surface area contributed by atoms with E-state index < -0.39 is 24.0 Å². The van der Waals surface area contributed by atoms with E-state index in [-0.39, 0.29) is 5.82 Å². The summed E-state index contributed by atoms with van der Waals surface area (Å²) in [6, 6.07) is 11.3. The van der Waals surface area contributed by atoms with Gasteiger partial charge in [-0.2, -0.15) is 13.2 Å². The number of nitrogens with zero attached hydrogens (tertiary/aromatic N) is 1. The number of rotatable bonds is 10. The fourth-order valence-corrected chi connectivity index (χ4v) is 3.52. The Labute approximate surface area is 213 Å². The second-order valence-corrected chi connectivity index (χ2v) is 8.04. The number of imidazole rings is 1. The lowest BCUT2D eigenvalue weighted by atomic mass is 9.92. The molecule has 13 heteroatoms. The number of carboxylic acid groups (broad SMARTS) is 2. The van der Waals surface area contributed by atoms with E-state index in [4.69, 9.17) is 14.6 Å². The third kappa shape index (κ3) is 7.98. The average molecular weight is 536 g/mol. The molecular weight excluding hydrogens is 512 g/mol. The molecule has 1 unspecified atom stereocenters. The van der Waals surface area contributed by atoms with Crippen molar-refractivity contribution in [1.29, 1.82) is 0 Å². The number of hydrogen-bond acceptors (Lipinski definition) is 5. The highest BCUT2D eigenvalue weighted by Crippen LogP contribution is 2.29. The van der Waals surface area contributed by atoms with Gasteiger partial charge in [0.15, 0.2) is 5.95 Å². The maximum atomic E-state index is 13.2. The number of anilines is 1. The summed E-state index contributed by atoms with van der Waals surface area (Å²) in [6.45, 7) is 1.29. The molecule has 202 valence electrons. The summed E-state index contributed by atoms with van der Waals surface area (Å²) in [6.07, 6.45) is 1.31. The van der Waals surface area contributed by atoms with Crippen molar-refractivity contribution in [2.75, 3.05) is 18.5 Å². The number of benzene rings is 2. The predicted molar refractivity (Wildman–Crippen MR) is 130 cm³/mol. The van der Waals surface area contributed by atoms with E-state index in [1.165, 1.54) is 24.3 Å². The zero-order valence-electron chi connectivity index (χ0n) is 19.8. The molecule has 0 fully saturated rings. The summed E-state index contributed by atoms with van der Waals surface area (Å²) in [4.78, 5) is 31.0. The smallest absolute Gasteiger partial charge is 0.490 e. The van der Waals surface area contributed by atoms with Crippen LogP contribution < -0.4 is 10.1 Å². The molecule has 1 atom stereocenters. The molecule has 0 radical (unpaired) electrons. The SMILES string of the molecule is O=C(O)C(Cc1c[nH]c2cc(OCCCNc3ncc[nH]3)ccc12)c1ccc(F)cc1.O=C(O)C(F)(F)F. The van der Waals surface area contributed by atoms with Crippen LogP contribution in [0.5, 0.6) is 5.75 Å². The Hall–Kier alpha value is -4.55. The summed E-state index contributed by atoms with van der Waals surface area (Å²) in [5.74, 6) is -3.36. The van der Waals surface area contributed by atoms with Crippen LogP contribution in [0.15, 0.2) is 61.1 Å². The molecule has 0 amide bonds. The summed E-state index contributed by atoms with van der Waals surface area (Å²) >= 11 is 0.